The molecule has 4 N–H and O–H groups in total. The Balaban J connectivity index is 1.49. The standard InChI is InChI=1S/C18H20N6/c19-18(21-11-9-15-8-4-5-10-20-15)23-13-17-22-12-16(24-17)14-6-2-1-3-7-14/h1-8,10,12H,9,11,13H2,(H,22,24)(H3,19,21,23). The topological polar surface area (TPSA) is 92.0 Å². The van der Waals surface area contributed by atoms with Crippen LogP contribution >= 0.6 is 0 Å². The van der Waals surface area contributed by atoms with Crippen molar-refractivity contribution in [1.82, 2.24) is 20.3 Å². The second-order valence-electron chi connectivity index (χ2n) is 5.31. The van der Waals surface area contributed by atoms with Gasteiger partial charge in [-0.2, -0.15) is 0 Å². The number of aliphatic imine (C=N–C) groups is 1. The second-order valence-corrected chi connectivity index (χ2v) is 5.31. The number of aromatic nitrogens is 3. The van der Waals surface area contributed by atoms with Gasteiger partial charge in [-0.05, 0) is 17.7 Å². The number of pyridine rings is 1. The fourth-order valence-electron chi connectivity index (χ4n) is 2.29. The lowest BCUT2D eigenvalue weighted by Crippen LogP contribution is -2.33. The molecule has 0 spiro atoms. The molecule has 0 amide bonds. The van der Waals surface area contributed by atoms with Crippen LogP contribution in [0.3, 0.4) is 0 Å². The largest absolute Gasteiger partial charge is 0.370 e. The molecule has 1 aromatic carbocycles. The summed E-state index contributed by atoms with van der Waals surface area (Å²) in [7, 11) is 0. The van der Waals surface area contributed by atoms with Gasteiger partial charge >= 0.3 is 0 Å². The maximum absolute atomic E-state index is 5.88. The molecule has 0 atom stereocenters. The van der Waals surface area contributed by atoms with Crippen LogP contribution in [0.4, 0.5) is 0 Å². The number of nitrogens with two attached hydrogens (primary N) is 1. The Hall–Kier alpha value is -3.15. The zero-order valence-corrected chi connectivity index (χ0v) is 13.3. The molecule has 0 saturated carbocycles. The van der Waals surface area contributed by atoms with Gasteiger partial charge in [0.2, 0.25) is 0 Å². The van der Waals surface area contributed by atoms with Gasteiger partial charge in [0.25, 0.3) is 0 Å². The summed E-state index contributed by atoms with van der Waals surface area (Å²) in [5.41, 5.74) is 8.98. The third kappa shape index (κ3) is 4.42. The number of guanidine groups is 1. The molecule has 3 aromatic rings. The van der Waals surface area contributed by atoms with Crippen molar-refractivity contribution in [2.45, 2.75) is 13.0 Å². The molecule has 6 nitrogen and oxygen atoms in total. The van der Waals surface area contributed by atoms with E-state index in [-0.39, 0.29) is 0 Å². The third-order valence-electron chi connectivity index (χ3n) is 3.53. The number of H-pyrrole nitrogens is 1. The van der Waals surface area contributed by atoms with Gasteiger partial charge in [-0.25, -0.2) is 9.98 Å². The van der Waals surface area contributed by atoms with Crippen molar-refractivity contribution in [3.63, 3.8) is 0 Å². The van der Waals surface area contributed by atoms with E-state index in [0.717, 1.165) is 29.2 Å². The molecular formula is C18H20N6. The summed E-state index contributed by atoms with van der Waals surface area (Å²) in [6.45, 7) is 1.11. The molecule has 0 aliphatic heterocycles. The fourth-order valence-corrected chi connectivity index (χ4v) is 2.29. The Bertz CT molecular complexity index is 780. The molecule has 122 valence electrons. The Labute approximate surface area is 140 Å². The normalized spacial score (nSPS) is 11.4. The summed E-state index contributed by atoms with van der Waals surface area (Å²) >= 11 is 0. The van der Waals surface area contributed by atoms with Crippen molar-refractivity contribution >= 4 is 5.96 Å². The molecule has 2 heterocycles. The van der Waals surface area contributed by atoms with Crippen LogP contribution in [-0.4, -0.2) is 27.5 Å². The van der Waals surface area contributed by atoms with E-state index >= 15 is 0 Å². The van der Waals surface area contributed by atoms with E-state index in [4.69, 9.17) is 5.73 Å². The molecule has 0 bridgehead atoms. The number of hydrogen-bond acceptors (Lipinski definition) is 3. The van der Waals surface area contributed by atoms with Gasteiger partial charge in [-0.1, -0.05) is 36.4 Å². The highest BCUT2D eigenvalue weighted by Gasteiger charge is 2.02. The molecule has 6 heteroatoms. The average molecular weight is 320 g/mol. The Morgan fingerprint density at radius 2 is 1.92 bits per heavy atom. The molecule has 3 rings (SSSR count). The lowest BCUT2D eigenvalue weighted by atomic mass is 10.2. The minimum absolute atomic E-state index is 0.406. The van der Waals surface area contributed by atoms with Gasteiger partial charge < -0.3 is 16.0 Å². The van der Waals surface area contributed by atoms with Crippen LogP contribution in [0.2, 0.25) is 0 Å². The molecular weight excluding hydrogens is 300 g/mol. The summed E-state index contributed by atoms with van der Waals surface area (Å²) in [6, 6.07) is 15.9. The second kappa shape index (κ2) is 7.92. The van der Waals surface area contributed by atoms with E-state index < -0.39 is 0 Å². The number of nitrogens with zero attached hydrogens (tertiary/aromatic N) is 3. The minimum atomic E-state index is 0.406. The maximum atomic E-state index is 5.88. The lowest BCUT2D eigenvalue weighted by Gasteiger charge is -2.04. The smallest absolute Gasteiger partial charge is 0.189 e. The van der Waals surface area contributed by atoms with E-state index in [1.54, 1.807) is 6.20 Å². The lowest BCUT2D eigenvalue weighted by molar-refractivity contribution is 0.822. The molecule has 2 aromatic heterocycles. The summed E-state index contributed by atoms with van der Waals surface area (Å²) in [6.07, 6.45) is 4.40. The molecule has 0 aliphatic rings. The van der Waals surface area contributed by atoms with Gasteiger partial charge in [0.15, 0.2) is 5.96 Å². The first kappa shape index (κ1) is 15.7. The predicted molar refractivity (Wildman–Crippen MR) is 95.3 cm³/mol. The van der Waals surface area contributed by atoms with Crippen molar-refractivity contribution in [2.75, 3.05) is 6.54 Å². The predicted octanol–water partition coefficient (Wildman–Crippen LogP) is 2.12. The van der Waals surface area contributed by atoms with Gasteiger partial charge in [-0.3, -0.25) is 4.98 Å². The number of aromatic amines is 1. The summed E-state index contributed by atoms with van der Waals surface area (Å²) < 4.78 is 0. The van der Waals surface area contributed by atoms with Gasteiger partial charge in [-0.15, -0.1) is 0 Å². The Morgan fingerprint density at radius 1 is 1.08 bits per heavy atom. The maximum Gasteiger partial charge on any atom is 0.189 e. The van der Waals surface area contributed by atoms with Crippen LogP contribution in [0.5, 0.6) is 0 Å². The van der Waals surface area contributed by atoms with Crippen molar-refractivity contribution in [1.29, 1.82) is 0 Å². The summed E-state index contributed by atoms with van der Waals surface area (Å²) in [4.78, 5) is 16.2. The average Bonchev–Trinajstić information content (AvgIpc) is 3.11. The highest BCUT2D eigenvalue weighted by Crippen LogP contribution is 2.16. The SMILES string of the molecule is NC(=NCc1ncc(-c2ccccc2)[nH]1)NCCc1ccccn1. The zero-order valence-electron chi connectivity index (χ0n) is 13.3. The molecule has 0 unspecified atom stereocenters. The fraction of sp³-hybridized carbons (Fsp3) is 0.167. The number of rotatable bonds is 6. The number of nitrogens with one attached hydrogen (secondary N) is 2. The van der Waals surface area contributed by atoms with Crippen LogP contribution in [0, 0.1) is 0 Å². The van der Waals surface area contributed by atoms with Crippen molar-refractivity contribution in [3.05, 3.63) is 72.4 Å². The van der Waals surface area contributed by atoms with E-state index in [1.807, 2.05) is 54.7 Å². The van der Waals surface area contributed by atoms with Crippen LogP contribution in [0.1, 0.15) is 11.5 Å². The van der Waals surface area contributed by atoms with Crippen LogP contribution in [-0.2, 0) is 13.0 Å². The summed E-state index contributed by atoms with van der Waals surface area (Å²) in [5.74, 6) is 1.19. The zero-order chi connectivity index (χ0) is 16.6. The first-order chi connectivity index (χ1) is 11.8. The first-order valence-corrected chi connectivity index (χ1v) is 7.84. The number of hydrogen-bond donors (Lipinski definition) is 3. The van der Waals surface area contributed by atoms with Gasteiger partial charge in [0.1, 0.15) is 12.4 Å². The van der Waals surface area contributed by atoms with Gasteiger partial charge in [0, 0.05) is 24.9 Å². The highest BCUT2D eigenvalue weighted by molar-refractivity contribution is 5.77. The molecule has 0 aliphatic carbocycles. The van der Waals surface area contributed by atoms with E-state index in [2.05, 4.69) is 25.3 Å². The van der Waals surface area contributed by atoms with Crippen LogP contribution < -0.4 is 11.1 Å². The minimum Gasteiger partial charge on any atom is -0.370 e. The number of imidazole rings is 1. The van der Waals surface area contributed by atoms with Gasteiger partial charge in [0.05, 0.1) is 11.9 Å². The van der Waals surface area contributed by atoms with Crippen molar-refractivity contribution in [3.8, 4) is 11.3 Å². The van der Waals surface area contributed by atoms with Crippen LogP contribution in [0.15, 0.2) is 65.9 Å². The third-order valence-corrected chi connectivity index (χ3v) is 3.53. The highest BCUT2D eigenvalue weighted by atomic mass is 15.1. The van der Waals surface area contributed by atoms with E-state index in [9.17, 15) is 0 Å². The molecule has 0 saturated heterocycles. The molecule has 24 heavy (non-hydrogen) atoms. The number of benzene rings is 1. The van der Waals surface area contributed by atoms with Crippen molar-refractivity contribution < 1.29 is 0 Å². The molecule has 0 fully saturated rings. The van der Waals surface area contributed by atoms with Crippen LogP contribution in [0.25, 0.3) is 11.3 Å². The summed E-state index contributed by atoms with van der Waals surface area (Å²) in [5, 5.41) is 3.09. The Morgan fingerprint density at radius 3 is 2.71 bits per heavy atom. The van der Waals surface area contributed by atoms with E-state index in [1.165, 1.54) is 0 Å². The van der Waals surface area contributed by atoms with Crippen molar-refractivity contribution in [2.24, 2.45) is 10.7 Å². The monoisotopic (exact) mass is 320 g/mol. The molecule has 0 radical (unpaired) electrons. The quantitative estimate of drug-likeness (QED) is 0.479. The van der Waals surface area contributed by atoms with E-state index in [0.29, 0.717) is 19.0 Å². The first-order valence-electron chi connectivity index (χ1n) is 7.84. The Kier molecular flexibility index (Phi) is 5.19.